The van der Waals surface area contributed by atoms with Crippen molar-refractivity contribution in [3.8, 4) is 0 Å². The Morgan fingerprint density at radius 3 is 3.38 bits per heavy atom. The van der Waals surface area contributed by atoms with Crippen molar-refractivity contribution >= 4 is 5.91 Å². The number of H-pyrrole nitrogens is 1. The zero-order valence-corrected chi connectivity index (χ0v) is 9.49. The van der Waals surface area contributed by atoms with Crippen LogP contribution in [-0.2, 0) is 11.2 Å². The van der Waals surface area contributed by atoms with Gasteiger partial charge in [0, 0.05) is 12.5 Å². The highest BCUT2D eigenvalue weighted by Gasteiger charge is 2.23. The highest BCUT2D eigenvalue weighted by molar-refractivity contribution is 5.77. The van der Waals surface area contributed by atoms with Crippen molar-refractivity contribution in [2.45, 2.75) is 44.7 Å². The number of amides is 1. The van der Waals surface area contributed by atoms with Crippen molar-refractivity contribution in [2.24, 2.45) is 5.73 Å². The average Bonchev–Trinajstić information content (AvgIpc) is 2.65. The van der Waals surface area contributed by atoms with Crippen LogP contribution in [0.15, 0.2) is 6.20 Å². The molecular weight excluding hydrogens is 204 g/mol. The van der Waals surface area contributed by atoms with E-state index in [1.54, 1.807) is 0 Å². The van der Waals surface area contributed by atoms with E-state index in [2.05, 4.69) is 15.5 Å². The first kappa shape index (κ1) is 11.1. The first-order valence-electron chi connectivity index (χ1n) is 5.74. The van der Waals surface area contributed by atoms with Gasteiger partial charge < -0.3 is 11.1 Å². The monoisotopic (exact) mass is 222 g/mol. The number of carbonyl (C=O) groups is 1. The number of hydrogen-bond acceptors (Lipinski definition) is 3. The summed E-state index contributed by atoms with van der Waals surface area (Å²) in [5.74, 6) is 0.0162. The summed E-state index contributed by atoms with van der Waals surface area (Å²) >= 11 is 0. The Hall–Kier alpha value is -1.36. The van der Waals surface area contributed by atoms with E-state index in [4.69, 9.17) is 5.73 Å². The second-order valence-electron chi connectivity index (χ2n) is 4.50. The first-order valence-corrected chi connectivity index (χ1v) is 5.74. The third kappa shape index (κ3) is 2.41. The summed E-state index contributed by atoms with van der Waals surface area (Å²) in [6.07, 6.45) is 5.33. The molecule has 1 aliphatic rings. The molecule has 4 N–H and O–H groups in total. The predicted octanol–water partition coefficient (Wildman–Crippen LogP) is 0.641. The van der Waals surface area contributed by atoms with Gasteiger partial charge in [-0.1, -0.05) is 0 Å². The smallest absolute Gasteiger partial charge is 0.222 e. The number of nitrogens with zero attached hydrogens (tertiary/aromatic N) is 1. The number of nitrogens with one attached hydrogen (secondary N) is 2. The normalized spacial score (nSPS) is 21.2. The lowest BCUT2D eigenvalue weighted by molar-refractivity contribution is -0.122. The van der Waals surface area contributed by atoms with Crippen molar-refractivity contribution < 1.29 is 4.79 Å². The summed E-state index contributed by atoms with van der Waals surface area (Å²) in [5, 5.41) is 9.99. The number of nitrogens with two attached hydrogens (primary N) is 1. The molecule has 0 saturated carbocycles. The lowest BCUT2D eigenvalue weighted by Crippen LogP contribution is -2.34. The minimum atomic E-state index is -0.0928. The zero-order valence-electron chi connectivity index (χ0n) is 9.49. The lowest BCUT2D eigenvalue weighted by Gasteiger charge is -2.23. The van der Waals surface area contributed by atoms with Crippen molar-refractivity contribution in [3.63, 3.8) is 0 Å². The third-order valence-electron chi connectivity index (χ3n) is 2.88. The fraction of sp³-hybridized carbons (Fsp3) is 0.636. The molecule has 0 fully saturated rings. The molecule has 1 aromatic rings. The van der Waals surface area contributed by atoms with Crippen LogP contribution in [0.4, 0.5) is 0 Å². The second kappa shape index (κ2) is 4.65. The maximum atomic E-state index is 11.6. The van der Waals surface area contributed by atoms with Crippen LogP contribution in [0.1, 0.15) is 43.5 Å². The van der Waals surface area contributed by atoms with Gasteiger partial charge in [-0.05, 0) is 31.7 Å². The summed E-state index contributed by atoms with van der Waals surface area (Å²) in [4.78, 5) is 11.6. The van der Waals surface area contributed by atoms with Crippen LogP contribution in [0.3, 0.4) is 0 Å². The molecule has 0 spiro atoms. The quantitative estimate of drug-likeness (QED) is 0.701. The van der Waals surface area contributed by atoms with E-state index in [1.165, 1.54) is 5.56 Å². The summed E-state index contributed by atoms with van der Waals surface area (Å²) in [7, 11) is 0. The molecule has 2 atom stereocenters. The third-order valence-corrected chi connectivity index (χ3v) is 2.88. The number of carbonyl (C=O) groups excluding carboxylic acids is 1. The number of hydrogen-bond donors (Lipinski definition) is 3. The Kier molecular flexibility index (Phi) is 3.24. The van der Waals surface area contributed by atoms with Crippen molar-refractivity contribution in [3.05, 3.63) is 17.5 Å². The van der Waals surface area contributed by atoms with E-state index >= 15 is 0 Å². The molecule has 1 amide bonds. The molecular formula is C11H18N4O. The Labute approximate surface area is 94.8 Å². The molecule has 1 aromatic heterocycles. The minimum Gasteiger partial charge on any atom is -0.348 e. The highest BCUT2D eigenvalue weighted by atomic mass is 16.1. The van der Waals surface area contributed by atoms with E-state index in [0.29, 0.717) is 6.42 Å². The van der Waals surface area contributed by atoms with Gasteiger partial charge in [-0.25, -0.2) is 0 Å². The van der Waals surface area contributed by atoms with E-state index in [9.17, 15) is 4.79 Å². The van der Waals surface area contributed by atoms with Gasteiger partial charge in [0.15, 0.2) is 0 Å². The molecule has 5 nitrogen and oxygen atoms in total. The zero-order chi connectivity index (χ0) is 11.5. The molecule has 5 heteroatoms. The van der Waals surface area contributed by atoms with Gasteiger partial charge >= 0.3 is 0 Å². The number of fused-ring (bicyclic) bond motifs is 1. The van der Waals surface area contributed by atoms with E-state index in [0.717, 1.165) is 25.0 Å². The fourth-order valence-corrected chi connectivity index (χ4v) is 2.15. The van der Waals surface area contributed by atoms with E-state index in [1.807, 2.05) is 13.1 Å². The van der Waals surface area contributed by atoms with Crippen LogP contribution in [0, 0.1) is 0 Å². The van der Waals surface area contributed by atoms with E-state index < -0.39 is 0 Å². The van der Waals surface area contributed by atoms with Crippen LogP contribution < -0.4 is 11.1 Å². The standard InChI is InChI=1S/C11H18N4O/c1-7(12)5-10(16)14-9-4-2-3-8-6-13-15-11(8)9/h6-7,9H,2-5,12H2,1H3,(H,13,15)(H,14,16). The Morgan fingerprint density at radius 2 is 2.62 bits per heavy atom. The maximum absolute atomic E-state index is 11.6. The van der Waals surface area contributed by atoms with Gasteiger partial charge in [0.05, 0.1) is 17.9 Å². The molecule has 2 unspecified atom stereocenters. The molecule has 88 valence electrons. The fourth-order valence-electron chi connectivity index (χ4n) is 2.15. The maximum Gasteiger partial charge on any atom is 0.222 e. The van der Waals surface area contributed by atoms with Gasteiger partial charge in [0.25, 0.3) is 0 Å². The molecule has 0 bridgehead atoms. The molecule has 0 saturated heterocycles. The number of rotatable bonds is 3. The molecule has 0 aliphatic heterocycles. The number of aryl methyl sites for hydroxylation is 1. The SMILES string of the molecule is CC(N)CC(=O)NC1CCCc2cn[nH]c21. The molecule has 16 heavy (non-hydrogen) atoms. The Morgan fingerprint density at radius 1 is 1.81 bits per heavy atom. The van der Waals surface area contributed by atoms with Crippen LogP contribution in [-0.4, -0.2) is 22.1 Å². The van der Waals surface area contributed by atoms with Crippen molar-refractivity contribution in [1.29, 1.82) is 0 Å². The summed E-state index contributed by atoms with van der Waals surface area (Å²) in [5.41, 5.74) is 7.87. The van der Waals surface area contributed by atoms with Crippen LogP contribution >= 0.6 is 0 Å². The Balaban J connectivity index is 2.00. The summed E-state index contributed by atoms with van der Waals surface area (Å²) < 4.78 is 0. The van der Waals surface area contributed by atoms with Gasteiger partial charge in [-0.15, -0.1) is 0 Å². The van der Waals surface area contributed by atoms with Gasteiger partial charge in [0.2, 0.25) is 5.91 Å². The van der Waals surface area contributed by atoms with Crippen LogP contribution in [0.2, 0.25) is 0 Å². The van der Waals surface area contributed by atoms with Crippen LogP contribution in [0.25, 0.3) is 0 Å². The number of aromatic amines is 1. The first-order chi connectivity index (χ1) is 7.66. The minimum absolute atomic E-state index is 0.0162. The Bertz CT molecular complexity index is 372. The van der Waals surface area contributed by atoms with Gasteiger partial charge in [-0.2, -0.15) is 5.10 Å². The largest absolute Gasteiger partial charge is 0.348 e. The summed E-state index contributed by atoms with van der Waals surface area (Å²) in [6.45, 7) is 1.84. The van der Waals surface area contributed by atoms with Crippen molar-refractivity contribution in [1.82, 2.24) is 15.5 Å². The summed E-state index contributed by atoms with van der Waals surface area (Å²) in [6, 6.07) is -0.0117. The molecule has 2 rings (SSSR count). The molecule has 1 aliphatic carbocycles. The topological polar surface area (TPSA) is 83.8 Å². The van der Waals surface area contributed by atoms with E-state index in [-0.39, 0.29) is 18.0 Å². The molecule has 0 radical (unpaired) electrons. The lowest BCUT2D eigenvalue weighted by atomic mass is 9.93. The second-order valence-corrected chi connectivity index (χ2v) is 4.50. The molecule has 0 aromatic carbocycles. The van der Waals surface area contributed by atoms with Gasteiger partial charge in [-0.3, -0.25) is 9.89 Å². The van der Waals surface area contributed by atoms with Crippen LogP contribution in [0.5, 0.6) is 0 Å². The highest BCUT2D eigenvalue weighted by Crippen LogP contribution is 2.27. The molecule has 1 heterocycles. The number of aromatic nitrogens is 2. The average molecular weight is 222 g/mol. The van der Waals surface area contributed by atoms with Gasteiger partial charge in [0.1, 0.15) is 0 Å². The predicted molar refractivity (Wildman–Crippen MR) is 60.7 cm³/mol. The van der Waals surface area contributed by atoms with Crippen molar-refractivity contribution in [2.75, 3.05) is 0 Å².